The summed E-state index contributed by atoms with van der Waals surface area (Å²) in [6, 6.07) is 11.2. The SMILES string of the molecule is COc1ccc(/C=C2\CCC/C(=C\c3ccc(OC)cc3OC)C2=O)c(OC)c1. The minimum Gasteiger partial charge on any atom is -0.497 e. The first-order valence-corrected chi connectivity index (χ1v) is 9.49. The Bertz CT molecular complexity index is 880. The number of hydrogen-bond acceptors (Lipinski definition) is 5. The van der Waals surface area contributed by atoms with Crippen LogP contribution in [-0.2, 0) is 4.79 Å². The molecule has 3 rings (SSSR count). The van der Waals surface area contributed by atoms with Gasteiger partial charge < -0.3 is 18.9 Å². The maximum Gasteiger partial charge on any atom is 0.185 e. The molecule has 0 aromatic heterocycles. The number of benzene rings is 2. The molecule has 0 amide bonds. The third-order valence-corrected chi connectivity index (χ3v) is 5.02. The van der Waals surface area contributed by atoms with Crippen LogP contribution in [0.3, 0.4) is 0 Å². The number of carbonyl (C=O) groups excluding carboxylic acids is 1. The maximum atomic E-state index is 13.1. The molecule has 0 aliphatic heterocycles. The van der Waals surface area contributed by atoms with E-state index in [4.69, 9.17) is 18.9 Å². The van der Waals surface area contributed by atoms with Gasteiger partial charge >= 0.3 is 0 Å². The Morgan fingerprint density at radius 3 is 1.52 bits per heavy atom. The van der Waals surface area contributed by atoms with Crippen LogP contribution >= 0.6 is 0 Å². The van der Waals surface area contributed by atoms with Crippen molar-refractivity contribution in [3.63, 3.8) is 0 Å². The number of carbonyl (C=O) groups is 1. The van der Waals surface area contributed by atoms with E-state index in [9.17, 15) is 4.79 Å². The molecule has 5 nitrogen and oxygen atoms in total. The van der Waals surface area contributed by atoms with Gasteiger partial charge in [0, 0.05) is 34.4 Å². The van der Waals surface area contributed by atoms with E-state index < -0.39 is 0 Å². The zero-order valence-corrected chi connectivity index (χ0v) is 17.3. The molecule has 0 unspecified atom stereocenters. The Balaban J connectivity index is 1.93. The molecule has 0 saturated heterocycles. The van der Waals surface area contributed by atoms with Gasteiger partial charge in [-0.3, -0.25) is 4.79 Å². The number of ketones is 1. The number of allylic oxidation sites excluding steroid dienone is 2. The monoisotopic (exact) mass is 394 g/mol. The van der Waals surface area contributed by atoms with Gasteiger partial charge in [0.2, 0.25) is 0 Å². The maximum absolute atomic E-state index is 13.1. The predicted octanol–water partition coefficient (Wildman–Crippen LogP) is 4.94. The third-order valence-electron chi connectivity index (χ3n) is 5.02. The summed E-state index contributed by atoms with van der Waals surface area (Å²) < 4.78 is 21.4. The van der Waals surface area contributed by atoms with Crippen LogP contribution in [0.4, 0.5) is 0 Å². The van der Waals surface area contributed by atoms with Crippen LogP contribution in [0.2, 0.25) is 0 Å². The third kappa shape index (κ3) is 4.62. The molecule has 2 aromatic rings. The highest BCUT2D eigenvalue weighted by atomic mass is 16.5. The molecule has 0 heterocycles. The average molecular weight is 394 g/mol. The fraction of sp³-hybridized carbons (Fsp3) is 0.292. The van der Waals surface area contributed by atoms with Gasteiger partial charge in [-0.1, -0.05) is 0 Å². The molecule has 5 heteroatoms. The Morgan fingerprint density at radius 1 is 0.690 bits per heavy atom. The lowest BCUT2D eigenvalue weighted by Gasteiger charge is -2.18. The molecule has 29 heavy (non-hydrogen) atoms. The van der Waals surface area contributed by atoms with E-state index in [1.165, 1.54) is 0 Å². The first-order chi connectivity index (χ1) is 14.1. The summed E-state index contributed by atoms with van der Waals surface area (Å²) in [5, 5.41) is 0. The van der Waals surface area contributed by atoms with E-state index in [1.54, 1.807) is 28.4 Å². The molecule has 0 bridgehead atoms. The van der Waals surface area contributed by atoms with E-state index in [2.05, 4.69) is 0 Å². The zero-order chi connectivity index (χ0) is 20.8. The fourth-order valence-corrected chi connectivity index (χ4v) is 3.43. The summed E-state index contributed by atoms with van der Waals surface area (Å²) in [6.07, 6.45) is 6.23. The number of methoxy groups -OCH3 is 4. The van der Waals surface area contributed by atoms with Crippen molar-refractivity contribution in [1.29, 1.82) is 0 Å². The Kier molecular flexibility index (Phi) is 6.60. The van der Waals surface area contributed by atoms with Crippen LogP contribution in [0, 0.1) is 0 Å². The second-order valence-corrected chi connectivity index (χ2v) is 6.74. The van der Waals surface area contributed by atoms with Crippen LogP contribution < -0.4 is 18.9 Å². The van der Waals surface area contributed by atoms with Gasteiger partial charge in [-0.2, -0.15) is 0 Å². The highest BCUT2D eigenvalue weighted by Crippen LogP contribution is 2.33. The van der Waals surface area contributed by atoms with E-state index in [-0.39, 0.29) is 5.78 Å². The van der Waals surface area contributed by atoms with Gasteiger partial charge in [-0.25, -0.2) is 0 Å². The van der Waals surface area contributed by atoms with Gasteiger partial charge in [0.05, 0.1) is 28.4 Å². The van der Waals surface area contributed by atoms with Crippen molar-refractivity contribution in [3.8, 4) is 23.0 Å². The molecule has 0 atom stereocenters. The Hall–Kier alpha value is -3.21. The minimum atomic E-state index is 0.0620. The molecule has 1 saturated carbocycles. The quantitative estimate of drug-likeness (QED) is 0.650. The van der Waals surface area contributed by atoms with E-state index >= 15 is 0 Å². The molecule has 0 N–H and O–H groups in total. The summed E-state index contributed by atoms with van der Waals surface area (Å²) in [6.45, 7) is 0. The van der Waals surface area contributed by atoms with Crippen LogP contribution in [0.5, 0.6) is 23.0 Å². The molecule has 0 radical (unpaired) electrons. The van der Waals surface area contributed by atoms with Crippen molar-refractivity contribution in [2.24, 2.45) is 0 Å². The van der Waals surface area contributed by atoms with Gasteiger partial charge in [0.25, 0.3) is 0 Å². The lowest BCUT2D eigenvalue weighted by atomic mass is 9.86. The second-order valence-electron chi connectivity index (χ2n) is 6.74. The molecular formula is C24H26O5. The van der Waals surface area contributed by atoms with E-state index in [0.29, 0.717) is 23.0 Å². The fourth-order valence-electron chi connectivity index (χ4n) is 3.43. The molecule has 2 aromatic carbocycles. The Morgan fingerprint density at radius 2 is 1.14 bits per heavy atom. The van der Waals surface area contributed by atoms with Crippen molar-refractivity contribution in [2.45, 2.75) is 19.3 Å². The normalized spacial score (nSPS) is 16.8. The second kappa shape index (κ2) is 9.32. The van der Waals surface area contributed by atoms with Gasteiger partial charge in [-0.15, -0.1) is 0 Å². The summed E-state index contributed by atoms with van der Waals surface area (Å²) >= 11 is 0. The van der Waals surface area contributed by atoms with Crippen molar-refractivity contribution in [1.82, 2.24) is 0 Å². The van der Waals surface area contributed by atoms with Gasteiger partial charge in [-0.05, 0) is 55.7 Å². The first kappa shape index (κ1) is 20.5. The smallest absolute Gasteiger partial charge is 0.185 e. The summed E-state index contributed by atoms with van der Waals surface area (Å²) in [4.78, 5) is 13.1. The number of rotatable bonds is 6. The topological polar surface area (TPSA) is 54.0 Å². The molecule has 0 spiro atoms. The van der Waals surface area contributed by atoms with Crippen LogP contribution in [0.1, 0.15) is 30.4 Å². The minimum absolute atomic E-state index is 0.0620. The largest absolute Gasteiger partial charge is 0.497 e. The van der Waals surface area contributed by atoms with Crippen molar-refractivity contribution < 1.29 is 23.7 Å². The molecular weight excluding hydrogens is 368 g/mol. The van der Waals surface area contributed by atoms with Crippen LogP contribution in [0.25, 0.3) is 12.2 Å². The predicted molar refractivity (Wildman–Crippen MR) is 114 cm³/mol. The molecule has 1 fully saturated rings. The number of hydrogen-bond donors (Lipinski definition) is 0. The van der Waals surface area contributed by atoms with Crippen molar-refractivity contribution >= 4 is 17.9 Å². The molecule has 152 valence electrons. The summed E-state index contributed by atoms with van der Waals surface area (Å²) in [5.41, 5.74) is 3.27. The Labute approximate surface area is 171 Å². The van der Waals surface area contributed by atoms with Gasteiger partial charge in [0.1, 0.15) is 23.0 Å². The average Bonchev–Trinajstić information content (AvgIpc) is 2.76. The van der Waals surface area contributed by atoms with Crippen LogP contribution in [-0.4, -0.2) is 34.2 Å². The standard InChI is InChI=1S/C24H26O5/c1-26-20-10-8-16(22(14-20)28-3)12-18-6-5-7-19(24(18)25)13-17-9-11-21(27-2)15-23(17)29-4/h8-15H,5-7H2,1-4H3/b18-12+,19-13+. The van der Waals surface area contributed by atoms with Crippen LogP contribution in [0.15, 0.2) is 47.5 Å². The lowest BCUT2D eigenvalue weighted by molar-refractivity contribution is -0.112. The van der Waals surface area contributed by atoms with Crippen molar-refractivity contribution in [2.75, 3.05) is 28.4 Å². The lowest BCUT2D eigenvalue weighted by Crippen LogP contribution is -2.12. The zero-order valence-electron chi connectivity index (χ0n) is 17.3. The van der Waals surface area contributed by atoms with Gasteiger partial charge in [0.15, 0.2) is 5.78 Å². The summed E-state index contributed by atoms with van der Waals surface area (Å²) in [7, 11) is 6.45. The highest BCUT2D eigenvalue weighted by molar-refractivity contribution is 6.14. The molecule has 1 aliphatic carbocycles. The molecule has 1 aliphatic rings. The van der Waals surface area contributed by atoms with Crippen molar-refractivity contribution in [3.05, 3.63) is 58.7 Å². The summed E-state index contributed by atoms with van der Waals surface area (Å²) in [5.74, 6) is 2.85. The first-order valence-electron chi connectivity index (χ1n) is 9.49. The van der Waals surface area contributed by atoms with E-state index in [0.717, 1.165) is 41.5 Å². The number of ether oxygens (including phenoxy) is 4. The highest BCUT2D eigenvalue weighted by Gasteiger charge is 2.21. The van der Waals surface area contributed by atoms with E-state index in [1.807, 2.05) is 48.6 Å². The number of Topliss-reactive ketones (excluding diaryl/α,β-unsaturated/α-hetero) is 1.